The first-order chi connectivity index (χ1) is 8.08. The van der Waals surface area contributed by atoms with E-state index in [0.717, 1.165) is 13.0 Å². The van der Waals surface area contributed by atoms with Gasteiger partial charge in [-0.1, -0.05) is 0 Å². The van der Waals surface area contributed by atoms with Crippen molar-refractivity contribution in [1.82, 2.24) is 15.1 Å². The van der Waals surface area contributed by atoms with Crippen molar-refractivity contribution in [1.29, 1.82) is 0 Å². The number of urea groups is 1. The number of aliphatic carboxylic acids is 1. The molecule has 2 N–H and O–H groups in total. The molecule has 2 rings (SSSR count). The summed E-state index contributed by atoms with van der Waals surface area (Å²) in [6.07, 6.45) is 2.30. The van der Waals surface area contributed by atoms with Gasteiger partial charge in [0.05, 0.1) is 5.92 Å². The fourth-order valence-corrected chi connectivity index (χ4v) is 2.35. The van der Waals surface area contributed by atoms with Gasteiger partial charge in [-0.25, -0.2) is 4.79 Å². The Kier molecular flexibility index (Phi) is 3.51. The van der Waals surface area contributed by atoms with Crippen LogP contribution in [0.25, 0.3) is 0 Å². The van der Waals surface area contributed by atoms with Crippen LogP contribution in [-0.2, 0) is 4.79 Å². The molecule has 0 radical (unpaired) electrons. The maximum atomic E-state index is 11.7. The summed E-state index contributed by atoms with van der Waals surface area (Å²) < 4.78 is 0. The molecule has 0 aromatic heterocycles. The summed E-state index contributed by atoms with van der Waals surface area (Å²) in [5.41, 5.74) is 0. The zero-order chi connectivity index (χ0) is 12.4. The molecule has 6 nitrogen and oxygen atoms in total. The number of hydrogen-bond acceptors (Lipinski definition) is 3. The van der Waals surface area contributed by atoms with Crippen molar-refractivity contribution in [3.8, 4) is 0 Å². The lowest BCUT2D eigenvalue weighted by Gasteiger charge is -2.36. The van der Waals surface area contributed by atoms with E-state index in [-0.39, 0.29) is 11.9 Å². The number of amides is 2. The molecule has 2 amide bonds. The van der Waals surface area contributed by atoms with Crippen LogP contribution in [0, 0.1) is 5.92 Å². The van der Waals surface area contributed by atoms with Crippen LogP contribution < -0.4 is 5.32 Å². The lowest BCUT2D eigenvalue weighted by molar-refractivity contribution is -0.146. The average Bonchev–Trinajstić information content (AvgIpc) is 2.58. The lowest BCUT2D eigenvalue weighted by atomic mass is 10.0. The first-order valence-electron chi connectivity index (χ1n) is 6.03. The van der Waals surface area contributed by atoms with Gasteiger partial charge >= 0.3 is 12.0 Å². The van der Waals surface area contributed by atoms with Gasteiger partial charge in [0.25, 0.3) is 0 Å². The molecule has 2 heterocycles. The van der Waals surface area contributed by atoms with Crippen LogP contribution in [0.15, 0.2) is 0 Å². The second-order valence-corrected chi connectivity index (χ2v) is 4.90. The fourth-order valence-electron chi connectivity index (χ4n) is 2.35. The Morgan fingerprint density at radius 3 is 2.65 bits per heavy atom. The minimum atomic E-state index is -0.815. The van der Waals surface area contributed by atoms with Gasteiger partial charge in [-0.2, -0.15) is 0 Å². The monoisotopic (exact) mass is 241 g/mol. The van der Waals surface area contributed by atoms with E-state index in [0.29, 0.717) is 25.7 Å². The number of hydrogen-bond donors (Lipinski definition) is 2. The third-order valence-corrected chi connectivity index (χ3v) is 3.68. The van der Waals surface area contributed by atoms with Gasteiger partial charge in [0.2, 0.25) is 0 Å². The molecule has 2 saturated heterocycles. The number of carboxylic acid groups (broad SMARTS) is 1. The molecule has 2 fully saturated rings. The molecule has 0 bridgehead atoms. The zero-order valence-corrected chi connectivity index (χ0v) is 10.1. The largest absolute Gasteiger partial charge is 0.481 e. The van der Waals surface area contributed by atoms with Crippen molar-refractivity contribution in [2.75, 3.05) is 33.2 Å². The third kappa shape index (κ3) is 2.69. The lowest BCUT2D eigenvalue weighted by Crippen LogP contribution is -2.57. The van der Waals surface area contributed by atoms with Crippen LogP contribution in [0.4, 0.5) is 4.79 Å². The van der Waals surface area contributed by atoms with Crippen molar-refractivity contribution < 1.29 is 14.7 Å². The summed E-state index contributed by atoms with van der Waals surface area (Å²) in [5.74, 6) is -1.19. The van der Waals surface area contributed by atoms with Crippen LogP contribution >= 0.6 is 0 Å². The molecule has 17 heavy (non-hydrogen) atoms. The summed E-state index contributed by atoms with van der Waals surface area (Å²) in [6, 6.07) is 0.290. The van der Waals surface area contributed by atoms with Crippen LogP contribution in [0.3, 0.4) is 0 Å². The Balaban J connectivity index is 1.67. The number of nitrogens with zero attached hydrogens (tertiary/aromatic N) is 2. The molecule has 1 unspecified atom stereocenters. The zero-order valence-electron chi connectivity index (χ0n) is 10.1. The number of likely N-dealkylation sites (N-methyl/N-ethyl adjacent to an activating group) is 1. The summed E-state index contributed by atoms with van der Waals surface area (Å²) in [7, 11) is 2.06. The Morgan fingerprint density at radius 1 is 1.41 bits per heavy atom. The van der Waals surface area contributed by atoms with Crippen LogP contribution in [0.5, 0.6) is 0 Å². The van der Waals surface area contributed by atoms with Gasteiger partial charge < -0.3 is 20.2 Å². The van der Waals surface area contributed by atoms with Crippen LogP contribution in [0.1, 0.15) is 12.8 Å². The van der Waals surface area contributed by atoms with E-state index in [1.807, 2.05) is 0 Å². The Hall–Kier alpha value is -1.30. The number of rotatable bonds is 3. The number of likely N-dealkylation sites (tertiary alicyclic amines) is 2. The Bertz CT molecular complexity index is 315. The molecule has 0 aromatic carbocycles. The topological polar surface area (TPSA) is 72.9 Å². The average molecular weight is 241 g/mol. The normalized spacial score (nSPS) is 25.7. The fraction of sp³-hybridized carbons (Fsp3) is 0.818. The summed E-state index contributed by atoms with van der Waals surface area (Å²) >= 11 is 0. The maximum absolute atomic E-state index is 11.7. The molecule has 2 aliphatic heterocycles. The molecule has 0 saturated carbocycles. The van der Waals surface area contributed by atoms with E-state index in [1.165, 1.54) is 6.42 Å². The molecule has 0 aliphatic carbocycles. The van der Waals surface area contributed by atoms with Crippen molar-refractivity contribution >= 4 is 12.0 Å². The van der Waals surface area contributed by atoms with Crippen molar-refractivity contribution in [2.45, 2.75) is 18.9 Å². The molecule has 96 valence electrons. The minimum Gasteiger partial charge on any atom is -0.481 e. The predicted octanol–water partition coefficient (Wildman–Crippen LogP) is -0.193. The Morgan fingerprint density at radius 2 is 2.12 bits per heavy atom. The quantitative estimate of drug-likeness (QED) is 0.718. The molecular formula is C11H19N3O3. The van der Waals surface area contributed by atoms with Gasteiger partial charge in [-0.15, -0.1) is 0 Å². The SMILES string of the molecule is CN1CCCC1CNC(=O)N1CC(C(=O)O)C1. The van der Waals surface area contributed by atoms with Gasteiger partial charge in [0.15, 0.2) is 0 Å². The highest BCUT2D eigenvalue weighted by Gasteiger charge is 2.35. The highest BCUT2D eigenvalue weighted by atomic mass is 16.4. The third-order valence-electron chi connectivity index (χ3n) is 3.68. The second kappa shape index (κ2) is 4.91. The highest BCUT2D eigenvalue weighted by Crippen LogP contribution is 2.16. The van der Waals surface area contributed by atoms with E-state index in [9.17, 15) is 9.59 Å². The molecular weight excluding hydrogens is 222 g/mol. The number of carboxylic acids is 1. The first-order valence-corrected chi connectivity index (χ1v) is 6.03. The number of carbonyl (C=O) groups excluding carboxylic acids is 1. The van der Waals surface area contributed by atoms with Gasteiger partial charge in [-0.3, -0.25) is 4.79 Å². The highest BCUT2D eigenvalue weighted by molar-refractivity contribution is 5.79. The summed E-state index contributed by atoms with van der Waals surface area (Å²) in [6.45, 7) is 2.41. The standard InChI is InChI=1S/C11H19N3O3/c1-13-4-2-3-9(13)5-12-11(17)14-6-8(7-14)10(15)16/h8-9H,2-7H2,1H3,(H,12,17)(H,15,16). The van der Waals surface area contributed by atoms with Gasteiger partial charge in [0.1, 0.15) is 0 Å². The molecule has 1 atom stereocenters. The number of carbonyl (C=O) groups is 2. The predicted molar refractivity (Wildman–Crippen MR) is 61.7 cm³/mol. The van der Waals surface area contributed by atoms with Gasteiger partial charge in [0, 0.05) is 25.7 Å². The summed E-state index contributed by atoms with van der Waals surface area (Å²) in [4.78, 5) is 26.1. The molecule has 6 heteroatoms. The van der Waals surface area contributed by atoms with Crippen molar-refractivity contribution in [3.05, 3.63) is 0 Å². The molecule has 0 spiro atoms. The van der Waals surface area contributed by atoms with Gasteiger partial charge in [-0.05, 0) is 26.4 Å². The van der Waals surface area contributed by atoms with E-state index in [2.05, 4.69) is 17.3 Å². The van der Waals surface area contributed by atoms with E-state index >= 15 is 0 Å². The minimum absolute atomic E-state index is 0.136. The van der Waals surface area contributed by atoms with E-state index < -0.39 is 5.97 Å². The number of nitrogens with one attached hydrogen (secondary N) is 1. The van der Waals surface area contributed by atoms with Crippen molar-refractivity contribution in [2.24, 2.45) is 5.92 Å². The van der Waals surface area contributed by atoms with Crippen LogP contribution in [-0.4, -0.2) is 66.2 Å². The van der Waals surface area contributed by atoms with Crippen molar-refractivity contribution in [3.63, 3.8) is 0 Å². The molecule has 0 aromatic rings. The summed E-state index contributed by atoms with van der Waals surface area (Å²) in [5, 5.41) is 11.6. The molecule has 2 aliphatic rings. The first kappa shape index (κ1) is 12.2. The smallest absolute Gasteiger partial charge is 0.317 e. The van der Waals surface area contributed by atoms with E-state index in [1.54, 1.807) is 4.90 Å². The van der Waals surface area contributed by atoms with Crippen LogP contribution in [0.2, 0.25) is 0 Å². The van der Waals surface area contributed by atoms with E-state index in [4.69, 9.17) is 5.11 Å². The Labute approximate surface area is 101 Å². The maximum Gasteiger partial charge on any atom is 0.317 e. The second-order valence-electron chi connectivity index (χ2n) is 4.90.